The summed E-state index contributed by atoms with van der Waals surface area (Å²) in [6.07, 6.45) is -1.04. The largest absolute Gasteiger partial charge is 0.468 e. The maximum Gasteiger partial charge on any atom is 0.422 e. The molecule has 0 spiro atoms. The van der Waals surface area contributed by atoms with Crippen molar-refractivity contribution in [1.82, 2.24) is 19.9 Å². The highest BCUT2D eigenvalue weighted by Gasteiger charge is 2.28. The van der Waals surface area contributed by atoms with Crippen molar-refractivity contribution in [2.45, 2.75) is 6.18 Å². The van der Waals surface area contributed by atoms with E-state index < -0.39 is 12.8 Å². The number of piperazine rings is 1. The lowest BCUT2D eigenvalue weighted by atomic mass is 10.2. The SMILES string of the molecule is CN1CCN(c2cc(OCC(F)(F)F)ncn2)CC1.CNc1ncccc1C(=N)C=O. The molecule has 0 amide bonds. The molecular weight excluding hydrogens is 415 g/mol. The number of hydrogen-bond donors (Lipinski definition) is 2. The van der Waals surface area contributed by atoms with Crippen LogP contribution in [0.25, 0.3) is 0 Å². The first-order valence-corrected chi connectivity index (χ1v) is 9.35. The first kappa shape index (κ1) is 24.0. The Morgan fingerprint density at radius 3 is 2.58 bits per heavy atom. The third kappa shape index (κ3) is 7.81. The number of halogens is 3. The molecule has 0 radical (unpaired) electrons. The highest BCUT2D eigenvalue weighted by molar-refractivity contribution is 6.36. The number of likely N-dealkylation sites (N-methyl/N-ethyl adjacent to an activating group) is 1. The predicted molar refractivity (Wildman–Crippen MR) is 110 cm³/mol. The quantitative estimate of drug-likeness (QED) is 0.519. The summed E-state index contributed by atoms with van der Waals surface area (Å²) in [7, 11) is 3.72. The maximum atomic E-state index is 12.1. The van der Waals surface area contributed by atoms with Crippen LogP contribution in [0.4, 0.5) is 24.8 Å². The van der Waals surface area contributed by atoms with Crippen LogP contribution >= 0.6 is 0 Å². The Labute approximate surface area is 177 Å². The van der Waals surface area contributed by atoms with Crippen molar-refractivity contribution in [2.75, 3.05) is 57.1 Å². The first-order chi connectivity index (χ1) is 14.7. The highest BCUT2D eigenvalue weighted by atomic mass is 19.4. The molecule has 1 fully saturated rings. The van der Waals surface area contributed by atoms with E-state index in [1.54, 1.807) is 25.4 Å². The minimum atomic E-state index is -4.36. The van der Waals surface area contributed by atoms with E-state index in [2.05, 4.69) is 29.9 Å². The number of alkyl halides is 3. The van der Waals surface area contributed by atoms with Gasteiger partial charge in [-0.2, -0.15) is 13.2 Å². The molecule has 0 saturated carbocycles. The van der Waals surface area contributed by atoms with Gasteiger partial charge >= 0.3 is 6.18 Å². The third-order valence-corrected chi connectivity index (χ3v) is 4.29. The van der Waals surface area contributed by atoms with Gasteiger partial charge in [-0.3, -0.25) is 10.2 Å². The minimum absolute atomic E-state index is 0.0544. The summed E-state index contributed by atoms with van der Waals surface area (Å²) in [5.74, 6) is 1.09. The molecule has 2 aromatic rings. The Bertz CT molecular complexity index is 872. The molecule has 1 saturated heterocycles. The molecule has 1 aliphatic heterocycles. The fraction of sp³-hybridized carbons (Fsp3) is 0.421. The van der Waals surface area contributed by atoms with Crippen LogP contribution in [0.2, 0.25) is 0 Å². The summed E-state index contributed by atoms with van der Waals surface area (Å²) in [6.45, 7) is 2.01. The van der Waals surface area contributed by atoms with Crippen LogP contribution in [0, 0.1) is 5.41 Å². The average Bonchev–Trinajstić information content (AvgIpc) is 2.78. The zero-order valence-corrected chi connectivity index (χ0v) is 17.2. The molecule has 0 aromatic carbocycles. The molecule has 1 aliphatic rings. The van der Waals surface area contributed by atoms with Crippen LogP contribution in [-0.2, 0) is 4.79 Å². The van der Waals surface area contributed by atoms with E-state index in [0.29, 0.717) is 23.5 Å². The van der Waals surface area contributed by atoms with Crippen molar-refractivity contribution in [3.05, 3.63) is 36.3 Å². The van der Waals surface area contributed by atoms with Crippen molar-refractivity contribution in [2.24, 2.45) is 0 Å². The predicted octanol–water partition coefficient (Wildman–Crippen LogP) is 1.86. The smallest absolute Gasteiger partial charge is 0.422 e. The van der Waals surface area contributed by atoms with Gasteiger partial charge in [0.05, 0.1) is 0 Å². The van der Waals surface area contributed by atoms with Gasteiger partial charge in [0.1, 0.15) is 23.7 Å². The summed E-state index contributed by atoms with van der Waals surface area (Å²) in [6, 6.07) is 4.81. The number of nitrogens with zero attached hydrogens (tertiary/aromatic N) is 5. The monoisotopic (exact) mass is 439 g/mol. The number of carbonyl (C=O) groups excluding carboxylic acids is 1. The number of hydrogen-bond acceptors (Lipinski definition) is 9. The number of nitrogens with one attached hydrogen (secondary N) is 2. The molecule has 0 atom stereocenters. The molecule has 3 heterocycles. The normalized spacial score (nSPS) is 14.3. The summed E-state index contributed by atoms with van der Waals surface area (Å²) >= 11 is 0. The van der Waals surface area contributed by atoms with Gasteiger partial charge in [-0.15, -0.1) is 0 Å². The van der Waals surface area contributed by atoms with Crippen molar-refractivity contribution < 1.29 is 22.7 Å². The first-order valence-electron chi connectivity index (χ1n) is 9.35. The molecule has 3 rings (SSSR count). The number of pyridine rings is 1. The molecule has 0 aliphatic carbocycles. The molecule has 2 N–H and O–H groups in total. The Hall–Kier alpha value is -3.28. The number of aldehydes is 1. The lowest BCUT2D eigenvalue weighted by molar-refractivity contribution is -0.154. The van der Waals surface area contributed by atoms with Crippen molar-refractivity contribution in [3.8, 4) is 5.88 Å². The second-order valence-corrected chi connectivity index (χ2v) is 6.59. The summed E-state index contributed by atoms with van der Waals surface area (Å²) in [5.41, 5.74) is 0.461. The molecule has 9 nitrogen and oxygen atoms in total. The Morgan fingerprint density at radius 2 is 1.97 bits per heavy atom. The topological polar surface area (TPSA) is 107 Å². The number of anilines is 2. The highest BCUT2D eigenvalue weighted by Crippen LogP contribution is 2.20. The van der Waals surface area contributed by atoms with Crippen LogP contribution in [0.3, 0.4) is 0 Å². The standard InChI is InChI=1S/C11H15F3N4O.C8H9N3O/c1-17-2-4-18(5-3-17)9-6-10(16-8-15-9)19-7-11(12,13)14;1-10-8-6(7(9)5-12)3-2-4-11-8/h6,8H,2-5,7H2,1H3;2-5,9H,1H3,(H,10,11). The summed E-state index contributed by atoms with van der Waals surface area (Å²) in [4.78, 5) is 26.2. The van der Waals surface area contributed by atoms with E-state index in [-0.39, 0.29) is 11.6 Å². The van der Waals surface area contributed by atoms with Gasteiger partial charge in [-0.05, 0) is 19.2 Å². The van der Waals surface area contributed by atoms with Crippen molar-refractivity contribution >= 4 is 23.6 Å². The van der Waals surface area contributed by atoms with Crippen molar-refractivity contribution in [1.29, 1.82) is 5.41 Å². The fourth-order valence-electron chi connectivity index (χ4n) is 2.66. The number of rotatable bonds is 6. The summed E-state index contributed by atoms with van der Waals surface area (Å²) < 4.78 is 40.8. The van der Waals surface area contributed by atoms with Gasteiger partial charge in [-0.25, -0.2) is 15.0 Å². The Morgan fingerprint density at radius 1 is 1.26 bits per heavy atom. The van der Waals surface area contributed by atoms with E-state index in [0.717, 1.165) is 26.2 Å². The lowest BCUT2D eigenvalue weighted by Gasteiger charge is -2.33. The van der Waals surface area contributed by atoms with E-state index in [4.69, 9.17) is 5.41 Å². The molecule has 0 bridgehead atoms. The van der Waals surface area contributed by atoms with E-state index in [1.165, 1.54) is 12.4 Å². The Balaban J connectivity index is 0.000000245. The molecule has 0 unspecified atom stereocenters. The van der Waals surface area contributed by atoms with Gasteiger partial charge in [0.2, 0.25) is 5.88 Å². The van der Waals surface area contributed by atoms with Crippen LogP contribution in [-0.4, -0.2) is 84.9 Å². The van der Waals surface area contributed by atoms with Crippen LogP contribution in [0.15, 0.2) is 30.7 Å². The van der Waals surface area contributed by atoms with Gasteiger partial charge in [-0.1, -0.05) is 0 Å². The number of carbonyl (C=O) groups is 1. The third-order valence-electron chi connectivity index (χ3n) is 4.29. The number of ether oxygens (including phenoxy) is 1. The minimum Gasteiger partial charge on any atom is -0.468 e. The second-order valence-electron chi connectivity index (χ2n) is 6.59. The average molecular weight is 439 g/mol. The lowest BCUT2D eigenvalue weighted by Crippen LogP contribution is -2.44. The number of aromatic nitrogens is 3. The molecular formula is C19H24F3N7O2. The van der Waals surface area contributed by atoms with Crippen LogP contribution in [0.5, 0.6) is 5.88 Å². The van der Waals surface area contributed by atoms with Crippen LogP contribution < -0.4 is 15.0 Å². The summed E-state index contributed by atoms with van der Waals surface area (Å²) in [5, 5.41) is 10.1. The zero-order valence-electron chi connectivity index (χ0n) is 17.2. The van der Waals surface area contributed by atoms with Gasteiger partial charge < -0.3 is 19.9 Å². The molecule has 12 heteroatoms. The van der Waals surface area contributed by atoms with E-state index in [1.807, 2.05) is 11.9 Å². The molecule has 2 aromatic heterocycles. The van der Waals surface area contributed by atoms with Crippen molar-refractivity contribution in [3.63, 3.8) is 0 Å². The molecule has 31 heavy (non-hydrogen) atoms. The fourth-order valence-corrected chi connectivity index (χ4v) is 2.66. The van der Waals surface area contributed by atoms with E-state index in [9.17, 15) is 18.0 Å². The zero-order chi connectivity index (χ0) is 22.9. The van der Waals surface area contributed by atoms with Crippen LogP contribution in [0.1, 0.15) is 5.56 Å². The van der Waals surface area contributed by atoms with Gasteiger partial charge in [0.25, 0.3) is 0 Å². The maximum absolute atomic E-state index is 12.1. The van der Waals surface area contributed by atoms with E-state index >= 15 is 0 Å². The second kappa shape index (κ2) is 11.2. The molecule has 168 valence electrons. The van der Waals surface area contributed by atoms with Gasteiger partial charge in [0.15, 0.2) is 12.9 Å². The Kier molecular flexibility index (Phi) is 8.67. The van der Waals surface area contributed by atoms with Gasteiger partial charge in [0, 0.05) is 51.1 Å².